The summed E-state index contributed by atoms with van der Waals surface area (Å²) < 4.78 is 75.5. The number of nitrogens with one attached hydrogen (secondary N) is 1. The highest BCUT2D eigenvalue weighted by Gasteiger charge is 2.59. The number of hydrogen-bond donors (Lipinski definition) is 1. The number of rotatable bonds is 1. The topological polar surface area (TPSA) is 28.7 Å². The Morgan fingerprint density at radius 3 is 2.21 bits per heavy atom. The van der Waals surface area contributed by atoms with E-state index in [1.807, 2.05) is 0 Å². The molecular weight excluding hydrogens is 274 g/mol. The zero-order chi connectivity index (χ0) is 14.4. The number of hydrogen-bond acceptors (Lipinski definition) is 1. The van der Waals surface area contributed by atoms with Gasteiger partial charge in [0.05, 0.1) is 5.69 Å². The number of halogens is 6. The van der Waals surface area contributed by atoms with E-state index in [9.17, 15) is 26.3 Å². The van der Waals surface area contributed by atoms with Crippen LogP contribution in [0.4, 0.5) is 26.3 Å². The molecule has 1 aliphatic rings. The van der Waals surface area contributed by atoms with Crippen LogP contribution < -0.4 is 0 Å². The molecule has 0 saturated heterocycles. The molecular formula is C11H12F6N2. The van der Waals surface area contributed by atoms with Crippen LogP contribution in [0.1, 0.15) is 48.8 Å². The summed E-state index contributed by atoms with van der Waals surface area (Å²) in [6, 6.07) is 0. The minimum Gasteiger partial charge on any atom is -0.345 e. The highest BCUT2D eigenvalue weighted by atomic mass is 19.4. The monoisotopic (exact) mass is 286 g/mol. The lowest BCUT2D eigenvalue weighted by atomic mass is 9.92. The van der Waals surface area contributed by atoms with Crippen LogP contribution in [0, 0.1) is 0 Å². The maximum Gasteiger partial charge on any atom is 0.407 e. The largest absolute Gasteiger partial charge is 0.407 e. The average molecular weight is 286 g/mol. The van der Waals surface area contributed by atoms with Gasteiger partial charge in [0.15, 0.2) is 0 Å². The number of H-pyrrole nitrogens is 1. The van der Waals surface area contributed by atoms with E-state index in [0.29, 0.717) is 17.8 Å². The molecule has 0 radical (unpaired) electrons. The lowest BCUT2D eigenvalue weighted by molar-refractivity contribution is -0.255. The molecule has 2 nitrogen and oxygen atoms in total. The minimum atomic E-state index is -5.40. The number of imidazole rings is 1. The van der Waals surface area contributed by atoms with Crippen molar-refractivity contribution in [1.29, 1.82) is 0 Å². The molecule has 0 aliphatic heterocycles. The summed E-state index contributed by atoms with van der Waals surface area (Å²) >= 11 is 0. The first-order chi connectivity index (χ1) is 8.60. The molecule has 1 aromatic heterocycles. The summed E-state index contributed by atoms with van der Waals surface area (Å²) in [5.74, 6) is -4.70. The molecule has 0 bridgehead atoms. The predicted octanol–water partition coefficient (Wildman–Crippen LogP) is 4.06. The molecule has 2 rings (SSSR count). The Morgan fingerprint density at radius 1 is 1.16 bits per heavy atom. The lowest BCUT2D eigenvalue weighted by Crippen LogP contribution is -2.35. The normalized spacial score (nSPS) is 20.7. The van der Waals surface area contributed by atoms with Crippen LogP contribution in [0.2, 0.25) is 0 Å². The van der Waals surface area contributed by atoms with Gasteiger partial charge in [-0.25, -0.2) is 4.98 Å². The maximum absolute atomic E-state index is 12.6. The molecule has 0 amide bonds. The van der Waals surface area contributed by atoms with Gasteiger partial charge < -0.3 is 4.98 Å². The quantitative estimate of drug-likeness (QED) is 0.775. The van der Waals surface area contributed by atoms with Gasteiger partial charge in [-0.05, 0) is 19.3 Å². The number of aromatic amines is 1. The van der Waals surface area contributed by atoms with Crippen molar-refractivity contribution in [3.05, 3.63) is 17.2 Å². The Labute approximate surface area is 105 Å². The Kier molecular flexibility index (Phi) is 3.30. The summed E-state index contributed by atoms with van der Waals surface area (Å²) in [6.45, 7) is 1.75. The maximum atomic E-state index is 12.6. The second-order valence-corrected chi connectivity index (χ2v) is 4.80. The van der Waals surface area contributed by atoms with E-state index in [1.165, 1.54) is 0 Å². The molecule has 0 saturated carbocycles. The molecule has 1 heterocycles. The van der Waals surface area contributed by atoms with E-state index in [0.717, 1.165) is 12.8 Å². The number of fused-ring (bicyclic) bond motifs is 1. The first-order valence-electron chi connectivity index (χ1n) is 5.82. The lowest BCUT2D eigenvalue weighted by Gasteiger charge is -2.20. The minimum absolute atomic E-state index is 0.115. The van der Waals surface area contributed by atoms with Crippen molar-refractivity contribution in [2.45, 2.75) is 50.4 Å². The van der Waals surface area contributed by atoms with Crippen LogP contribution in [0.25, 0.3) is 0 Å². The van der Waals surface area contributed by atoms with Gasteiger partial charge in [0, 0.05) is 11.6 Å². The third kappa shape index (κ3) is 2.71. The van der Waals surface area contributed by atoms with Crippen molar-refractivity contribution >= 4 is 0 Å². The number of aryl methyl sites for hydroxylation is 1. The summed E-state index contributed by atoms with van der Waals surface area (Å²) in [4.78, 5) is 5.80. The average Bonchev–Trinajstić information content (AvgIpc) is 2.57. The second kappa shape index (κ2) is 4.42. The van der Waals surface area contributed by atoms with Gasteiger partial charge in [0.25, 0.3) is 0 Å². The second-order valence-electron chi connectivity index (χ2n) is 4.80. The van der Waals surface area contributed by atoms with Crippen LogP contribution in [0.15, 0.2) is 0 Å². The fourth-order valence-corrected chi connectivity index (χ4v) is 2.40. The first kappa shape index (κ1) is 14.2. The summed E-state index contributed by atoms with van der Waals surface area (Å²) in [6.07, 6.45) is -8.91. The number of nitrogens with zero attached hydrogens (tertiary/aromatic N) is 1. The number of alkyl halides is 6. The zero-order valence-electron chi connectivity index (χ0n) is 9.99. The van der Waals surface area contributed by atoms with Gasteiger partial charge in [-0.1, -0.05) is 6.92 Å². The summed E-state index contributed by atoms with van der Waals surface area (Å²) in [5.41, 5.74) is 0.729. The highest BCUT2D eigenvalue weighted by molar-refractivity contribution is 5.24. The van der Waals surface area contributed by atoms with E-state index >= 15 is 0 Å². The molecule has 108 valence electrons. The van der Waals surface area contributed by atoms with E-state index in [4.69, 9.17) is 0 Å². The summed E-state index contributed by atoms with van der Waals surface area (Å²) in [5, 5.41) is 0. The van der Waals surface area contributed by atoms with E-state index in [2.05, 4.69) is 9.97 Å². The molecule has 0 spiro atoms. The molecule has 1 atom stereocenters. The molecule has 1 aromatic rings. The molecule has 19 heavy (non-hydrogen) atoms. The van der Waals surface area contributed by atoms with Crippen LogP contribution in [-0.2, 0) is 6.42 Å². The van der Waals surface area contributed by atoms with Crippen molar-refractivity contribution in [2.75, 3.05) is 0 Å². The molecule has 1 unspecified atom stereocenters. The smallest absolute Gasteiger partial charge is 0.345 e. The van der Waals surface area contributed by atoms with E-state index in [1.54, 1.807) is 6.92 Å². The Hall–Kier alpha value is -1.21. The Morgan fingerprint density at radius 2 is 1.74 bits per heavy atom. The van der Waals surface area contributed by atoms with Crippen LogP contribution in [0.3, 0.4) is 0 Å². The standard InChI is InChI=1S/C11H12F6N2/c1-5-3-2-4-6-7(5)19-9(18-6)8(10(12,13)14)11(15,16)17/h5,8H,2-4H2,1H3,(H,18,19). The highest BCUT2D eigenvalue weighted by Crippen LogP contribution is 2.46. The SMILES string of the molecule is CC1CCCc2[nH]c(C(C(F)(F)F)C(F)(F)F)nc21. The van der Waals surface area contributed by atoms with Crippen molar-refractivity contribution in [3.8, 4) is 0 Å². The molecule has 1 N–H and O–H groups in total. The Balaban J connectivity index is 2.44. The molecule has 0 fully saturated rings. The fourth-order valence-electron chi connectivity index (χ4n) is 2.40. The first-order valence-corrected chi connectivity index (χ1v) is 5.82. The van der Waals surface area contributed by atoms with Crippen molar-refractivity contribution in [3.63, 3.8) is 0 Å². The third-order valence-corrected chi connectivity index (χ3v) is 3.29. The molecule has 8 heteroatoms. The van der Waals surface area contributed by atoms with Gasteiger partial charge in [0.1, 0.15) is 5.82 Å². The molecule has 1 aliphatic carbocycles. The van der Waals surface area contributed by atoms with E-state index < -0.39 is 24.1 Å². The third-order valence-electron chi connectivity index (χ3n) is 3.29. The Bertz CT molecular complexity index is 445. The zero-order valence-corrected chi connectivity index (χ0v) is 9.99. The van der Waals surface area contributed by atoms with Gasteiger partial charge in [0.2, 0.25) is 5.92 Å². The van der Waals surface area contributed by atoms with Crippen LogP contribution in [0.5, 0.6) is 0 Å². The van der Waals surface area contributed by atoms with Crippen LogP contribution >= 0.6 is 0 Å². The fraction of sp³-hybridized carbons (Fsp3) is 0.727. The van der Waals surface area contributed by atoms with Crippen LogP contribution in [-0.4, -0.2) is 22.3 Å². The van der Waals surface area contributed by atoms with Crippen molar-refractivity contribution < 1.29 is 26.3 Å². The van der Waals surface area contributed by atoms with Gasteiger partial charge in [-0.2, -0.15) is 26.3 Å². The predicted molar refractivity (Wildman–Crippen MR) is 54.8 cm³/mol. The summed E-state index contributed by atoms with van der Waals surface area (Å²) in [7, 11) is 0. The van der Waals surface area contributed by atoms with Gasteiger partial charge >= 0.3 is 12.4 Å². The number of aromatic nitrogens is 2. The van der Waals surface area contributed by atoms with E-state index in [-0.39, 0.29) is 5.92 Å². The van der Waals surface area contributed by atoms with Crippen molar-refractivity contribution in [1.82, 2.24) is 9.97 Å². The molecule has 0 aromatic carbocycles. The van der Waals surface area contributed by atoms with Gasteiger partial charge in [-0.3, -0.25) is 0 Å². The van der Waals surface area contributed by atoms with Gasteiger partial charge in [-0.15, -0.1) is 0 Å². The van der Waals surface area contributed by atoms with Crippen molar-refractivity contribution in [2.24, 2.45) is 0 Å².